The molecule has 0 aliphatic carbocycles. The molecule has 3 aromatic rings. The highest BCUT2D eigenvalue weighted by Gasteiger charge is 2.40. The first kappa shape index (κ1) is 38.7. The van der Waals surface area contributed by atoms with Gasteiger partial charge in [-0.25, -0.2) is 18.2 Å². The number of nitrogens with one attached hydrogen (secondary N) is 1. The van der Waals surface area contributed by atoms with Gasteiger partial charge in [-0.15, -0.1) is 11.3 Å². The number of oxime groups is 1. The summed E-state index contributed by atoms with van der Waals surface area (Å²) in [5.74, 6) is -0.232. The van der Waals surface area contributed by atoms with Crippen LogP contribution in [0.2, 0.25) is 0 Å². The van der Waals surface area contributed by atoms with Gasteiger partial charge in [0.1, 0.15) is 22.5 Å². The molecular weight excluding hydrogens is 681 g/mol. The number of ether oxygens (including phenoxy) is 1. The van der Waals surface area contributed by atoms with Crippen LogP contribution in [0.4, 0.5) is 4.79 Å². The minimum absolute atomic E-state index is 0.0467. The van der Waals surface area contributed by atoms with Gasteiger partial charge in [-0.05, 0) is 55.0 Å². The molecule has 2 aromatic carbocycles. The third-order valence-electron chi connectivity index (χ3n) is 8.47. The van der Waals surface area contributed by atoms with Crippen LogP contribution in [-0.4, -0.2) is 107 Å². The zero-order chi connectivity index (χ0) is 36.6. The number of benzene rings is 2. The number of nitrogens with zero attached hydrogens (tertiary/aromatic N) is 5. The Balaban J connectivity index is 1.55. The van der Waals surface area contributed by atoms with Gasteiger partial charge in [0.15, 0.2) is 0 Å². The number of aliphatic hydroxyl groups is 1. The summed E-state index contributed by atoms with van der Waals surface area (Å²) < 4.78 is 34.1. The maximum Gasteiger partial charge on any atom is 0.321 e. The Hall–Kier alpha value is -4.05. The van der Waals surface area contributed by atoms with Crippen molar-refractivity contribution >= 4 is 39.0 Å². The Morgan fingerprint density at radius 3 is 2.36 bits per heavy atom. The first-order valence-electron chi connectivity index (χ1n) is 16.6. The number of methoxy groups -OCH3 is 1. The van der Waals surface area contributed by atoms with Crippen LogP contribution < -0.4 is 10.1 Å². The largest absolute Gasteiger partial charge is 0.497 e. The number of hydrogen-bond acceptors (Lipinski definition) is 10. The standard InChI is InChI=1S/C35H48N6O7S2/c1-23(2)19-40(50(46,47)29-14-12-28(48-6)13-15-29)21-31(42)30(18-26-10-8-7-9-11-26)37-33(43)32(24(3)4)41-17-16-39(35(41)44)20-27-22-49-34(36-27)25(5)38-45/h7-15,22-24,30-32,42,45H,16-21H2,1-6H3,(H,37,43)/t30-,31+,32?/m0/s1. The van der Waals surface area contributed by atoms with Gasteiger partial charge >= 0.3 is 6.03 Å². The number of carbonyl (C=O) groups is 2. The highest BCUT2D eigenvalue weighted by Crippen LogP contribution is 2.24. The summed E-state index contributed by atoms with van der Waals surface area (Å²) in [6.07, 6.45) is -1.05. The van der Waals surface area contributed by atoms with Crippen LogP contribution in [0.3, 0.4) is 0 Å². The van der Waals surface area contributed by atoms with Crippen LogP contribution in [0, 0.1) is 11.8 Å². The average Bonchev–Trinajstić information content (AvgIpc) is 3.70. The van der Waals surface area contributed by atoms with E-state index in [1.54, 1.807) is 34.2 Å². The van der Waals surface area contributed by atoms with E-state index < -0.39 is 34.1 Å². The summed E-state index contributed by atoms with van der Waals surface area (Å²) in [5.41, 5.74) is 1.87. The molecule has 1 aliphatic rings. The fraction of sp³-hybridized carbons (Fsp3) is 0.486. The maximum atomic E-state index is 14.1. The molecule has 1 fully saturated rings. The van der Waals surface area contributed by atoms with Crippen molar-refractivity contribution in [2.45, 2.75) is 70.7 Å². The highest BCUT2D eigenvalue weighted by molar-refractivity contribution is 7.89. The fourth-order valence-electron chi connectivity index (χ4n) is 5.92. The lowest BCUT2D eigenvalue weighted by Crippen LogP contribution is -2.57. The van der Waals surface area contributed by atoms with Crippen LogP contribution in [0.1, 0.15) is 50.9 Å². The molecule has 3 N–H and O–H groups in total. The Morgan fingerprint density at radius 2 is 1.76 bits per heavy atom. The van der Waals surface area contributed by atoms with E-state index in [0.29, 0.717) is 35.3 Å². The zero-order valence-electron chi connectivity index (χ0n) is 29.4. The first-order valence-corrected chi connectivity index (χ1v) is 18.9. The molecule has 272 valence electrons. The van der Waals surface area contributed by atoms with Gasteiger partial charge in [0.2, 0.25) is 15.9 Å². The number of amides is 3. The molecule has 3 atom stereocenters. The molecule has 13 nitrogen and oxygen atoms in total. The van der Waals surface area contributed by atoms with Gasteiger partial charge in [0, 0.05) is 31.6 Å². The summed E-state index contributed by atoms with van der Waals surface area (Å²) in [5, 5.41) is 29.4. The summed E-state index contributed by atoms with van der Waals surface area (Å²) >= 11 is 1.32. The van der Waals surface area contributed by atoms with E-state index in [1.165, 1.54) is 34.9 Å². The lowest BCUT2D eigenvalue weighted by molar-refractivity contribution is -0.128. The van der Waals surface area contributed by atoms with Crippen molar-refractivity contribution in [2.24, 2.45) is 17.0 Å². The average molecular weight is 729 g/mol. The van der Waals surface area contributed by atoms with Gasteiger partial charge in [0.05, 0.1) is 36.4 Å². The SMILES string of the molecule is COc1ccc(S(=O)(=O)N(CC(C)C)C[C@@H](O)[C@H](Cc2ccccc2)NC(=O)C(C(C)C)N2CCN(Cc3csc(C(C)=NO)n3)C2=O)cc1. The lowest BCUT2D eigenvalue weighted by Gasteiger charge is -2.34. The predicted octanol–water partition coefficient (Wildman–Crippen LogP) is 4.05. The lowest BCUT2D eigenvalue weighted by atomic mass is 9.97. The highest BCUT2D eigenvalue weighted by atomic mass is 32.2. The third-order valence-corrected chi connectivity index (χ3v) is 11.3. The molecule has 15 heteroatoms. The molecule has 50 heavy (non-hydrogen) atoms. The van der Waals surface area contributed by atoms with Crippen molar-refractivity contribution in [3.63, 3.8) is 0 Å². The van der Waals surface area contributed by atoms with E-state index >= 15 is 0 Å². The maximum absolute atomic E-state index is 14.1. The van der Waals surface area contributed by atoms with E-state index in [0.717, 1.165) is 5.56 Å². The number of urea groups is 1. The first-order chi connectivity index (χ1) is 23.7. The second kappa shape index (κ2) is 17.2. The van der Waals surface area contributed by atoms with Crippen molar-refractivity contribution in [1.82, 2.24) is 24.4 Å². The summed E-state index contributed by atoms with van der Waals surface area (Å²) in [4.78, 5) is 35.5. The van der Waals surface area contributed by atoms with Crippen molar-refractivity contribution in [3.05, 3.63) is 76.2 Å². The Morgan fingerprint density at radius 1 is 1.08 bits per heavy atom. The quantitative estimate of drug-likeness (QED) is 0.107. The molecule has 2 heterocycles. The van der Waals surface area contributed by atoms with Crippen molar-refractivity contribution in [1.29, 1.82) is 0 Å². The van der Waals surface area contributed by atoms with Gasteiger partial charge in [-0.2, -0.15) is 4.31 Å². The summed E-state index contributed by atoms with van der Waals surface area (Å²) in [6.45, 7) is 9.98. The molecule has 1 aliphatic heterocycles. The normalized spacial score (nSPS) is 16.0. The van der Waals surface area contributed by atoms with E-state index in [9.17, 15) is 23.1 Å². The number of rotatable bonds is 17. The van der Waals surface area contributed by atoms with E-state index in [2.05, 4.69) is 15.5 Å². The minimum Gasteiger partial charge on any atom is -0.497 e. The number of aliphatic hydroxyl groups excluding tert-OH is 1. The van der Waals surface area contributed by atoms with Crippen LogP contribution in [0.15, 0.2) is 70.0 Å². The molecular formula is C35H48N6O7S2. The van der Waals surface area contributed by atoms with Gasteiger partial charge < -0.3 is 30.2 Å². The number of sulfonamides is 1. The smallest absolute Gasteiger partial charge is 0.321 e. The molecule has 4 rings (SSSR count). The number of carbonyl (C=O) groups excluding carboxylic acids is 2. The molecule has 1 aromatic heterocycles. The number of hydrogen-bond donors (Lipinski definition) is 3. The van der Waals surface area contributed by atoms with Crippen LogP contribution in [0.25, 0.3) is 0 Å². The fourth-order valence-corrected chi connectivity index (χ4v) is 8.30. The van der Waals surface area contributed by atoms with E-state index in [4.69, 9.17) is 9.94 Å². The molecule has 0 saturated carbocycles. The van der Waals surface area contributed by atoms with Crippen molar-refractivity contribution in [2.75, 3.05) is 33.3 Å². The van der Waals surface area contributed by atoms with Crippen molar-refractivity contribution in [3.8, 4) is 5.75 Å². The van der Waals surface area contributed by atoms with Crippen LogP contribution >= 0.6 is 11.3 Å². The summed E-state index contributed by atoms with van der Waals surface area (Å²) in [7, 11) is -2.51. The Kier molecular flexibility index (Phi) is 13.4. The molecule has 3 amide bonds. The van der Waals surface area contributed by atoms with Crippen LogP contribution in [0.5, 0.6) is 5.75 Å². The Labute approximate surface area is 298 Å². The molecule has 0 bridgehead atoms. The van der Waals surface area contributed by atoms with Gasteiger partial charge in [-0.1, -0.05) is 63.2 Å². The molecule has 0 spiro atoms. The molecule has 0 radical (unpaired) electrons. The second-order valence-electron chi connectivity index (χ2n) is 13.2. The Bertz CT molecular complexity index is 1710. The van der Waals surface area contributed by atoms with E-state index in [-0.39, 0.29) is 48.8 Å². The van der Waals surface area contributed by atoms with E-state index in [1.807, 2.05) is 58.0 Å². The monoisotopic (exact) mass is 728 g/mol. The van der Waals surface area contributed by atoms with Gasteiger partial charge in [0.25, 0.3) is 0 Å². The number of thiazole rings is 1. The third kappa shape index (κ3) is 9.59. The number of aromatic nitrogens is 1. The molecule has 1 saturated heterocycles. The minimum atomic E-state index is -4.01. The summed E-state index contributed by atoms with van der Waals surface area (Å²) in [6, 6.07) is 13.4. The zero-order valence-corrected chi connectivity index (χ0v) is 31.0. The van der Waals surface area contributed by atoms with Crippen LogP contribution in [-0.2, 0) is 27.8 Å². The van der Waals surface area contributed by atoms with Gasteiger partial charge in [-0.3, -0.25) is 4.79 Å². The molecule has 1 unspecified atom stereocenters. The topological polar surface area (TPSA) is 165 Å². The predicted molar refractivity (Wildman–Crippen MR) is 192 cm³/mol. The van der Waals surface area contributed by atoms with Crippen molar-refractivity contribution < 1.29 is 33.1 Å². The second-order valence-corrected chi connectivity index (χ2v) is 16.0.